The second-order valence-corrected chi connectivity index (χ2v) is 15.7. The van der Waals surface area contributed by atoms with Crippen molar-refractivity contribution in [3.8, 4) is 22.3 Å². The van der Waals surface area contributed by atoms with Gasteiger partial charge in [0, 0.05) is 22.4 Å². The van der Waals surface area contributed by atoms with Crippen molar-refractivity contribution in [1.29, 1.82) is 0 Å². The minimum atomic E-state index is -0.501. The van der Waals surface area contributed by atoms with Crippen LogP contribution in [0, 0.1) is 0 Å². The summed E-state index contributed by atoms with van der Waals surface area (Å²) in [6.45, 7) is 4.80. The number of fused-ring (bicyclic) bond motifs is 9. The molecule has 2 aliphatic rings. The SMILES string of the molecule is CC1(C)c2ccccc2-c2c(N(c3ccc4c(c3)C(c3ccccc3)(c3ccccc3)c3ccccc3-4)c3ccc4ccccc4c3)cc3ccccc3c21. The highest BCUT2D eigenvalue weighted by molar-refractivity contribution is 6.06. The molecule has 11 rings (SSSR count). The third kappa shape index (κ3) is 4.47. The fourth-order valence-corrected chi connectivity index (χ4v) is 10.1. The van der Waals surface area contributed by atoms with E-state index in [1.165, 1.54) is 82.9 Å². The molecule has 0 unspecified atom stereocenters. The molecule has 0 heterocycles. The Labute approximate surface area is 322 Å². The highest BCUT2D eigenvalue weighted by Crippen LogP contribution is 2.59. The van der Waals surface area contributed by atoms with Crippen LogP contribution in [0.3, 0.4) is 0 Å². The van der Waals surface area contributed by atoms with Crippen LogP contribution in [-0.4, -0.2) is 0 Å². The van der Waals surface area contributed by atoms with E-state index >= 15 is 0 Å². The topological polar surface area (TPSA) is 3.24 Å². The highest BCUT2D eigenvalue weighted by Gasteiger charge is 2.46. The van der Waals surface area contributed by atoms with Gasteiger partial charge in [0.1, 0.15) is 0 Å². The largest absolute Gasteiger partial charge is 0.310 e. The molecular formula is C54H39N. The molecule has 0 amide bonds. The van der Waals surface area contributed by atoms with Gasteiger partial charge in [-0.3, -0.25) is 0 Å². The summed E-state index contributed by atoms with van der Waals surface area (Å²) in [5, 5.41) is 5.02. The van der Waals surface area contributed by atoms with E-state index in [2.05, 4.69) is 219 Å². The molecule has 0 saturated carbocycles. The minimum absolute atomic E-state index is 0.175. The quantitative estimate of drug-likeness (QED) is 0.173. The van der Waals surface area contributed by atoms with Crippen molar-refractivity contribution < 1.29 is 0 Å². The predicted octanol–water partition coefficient (Wildman–Crippen LogP) is 14.1. The van der Waals surface area contributed by atoms with Crippen LogP contribution >= 0.6 is 0 Å². The summed E-state index contributed by atoms with van der Waals surface area (Å²) in [6, 6.07) is 74.6. The third-order valence-corrected chi connectivity index (χ3v) is 12.5. The van der Waals surface area contributed by atoms with Gasteiger partial charge in [0.15, 0.2) is 0 Å². The third-order valence-electron chi connectivity index (χ3n) is 12.5. The van der Waals surface area contributed by atoms with Crippen LogP contribution in [0.4, 0.5) is 17.1 Å². The average molecular weight is 702 g/mol. The van der Waals surface area contributed by atoms with Crippen molar-refractivity contribution in [2.75, 3.05) is 4.90 Å². The van der Waals surface area contributed by atoms with Crippen molar-refractivity contribution in [2.24, 2.45) is 0 Å². The van der Waals surface area contributed by atoms with Gasteiger partial charge in [-0.25, -0.2) is 0 Å². The van der Waals surface area contributed by atoms with Crippen LogP contribution in [-0.2, 0) is 10.8 Å². The molecule has 0 saturated heterocycles. The summed E-state index contributed by atoms with van der Waals surface area (Å²) < 4.78 is 0. The van der Waals surface area contributed by atoms with Crippen LogP contribution < -0.4 is 4.90 Å². The van der Waals surface area contributed by atoms with Crippen LogP contribution in [0.5, 0.6) is 0 Å². The molecule has 0 atom stereocenters. The van der Waals surface area contributed by atoms with Crippen molar-refractivity contribution in [2.45, 2.75) is 24.7 Å². The lowest BCUT2D eigenvalue weighted by molar-refractivity contribution is 0.666. The highest BCUT2D eigenvalue weighted by atomic mass is 15.1. The Hall–Kier alpha value is -6.70. The molecule has 0 fully saturated rings. The van der Waals surface area contributed by atoms with Crippen LogP contribution in [0.25, 0.3) is 43.8 Å². The molecule has 0 aliphatic heterocycles. The van der Waals surface area contributed by atoms with E-state index in [1.54, 1.807) is 0 Å². The van der Waals surface area contributed by atoms with E-state index in [0.29, 0.717) is 0 Å². The summed E-state index contributed by atoms with van der Waals surface area (Å²) in [4.78, 5) is 2.54. The van der Waals surface area contributed by atoms with Crippen molar-refractivity contribution in [3.05, 3.63) is 234 Å². The molecule has 0 spiro atoms. The molecule has 260 valence electrons. The van der Waals surface area contributed by atoms with Gasteiger partial charge in [0.05, 0.1) is 11.1 Å². The molecular weight excluding hydrogens is 663 g/mol. The number of anilines is 3. The lowest BCUT2D eigenvalue weighted by Crippen LogP contribution is -2.28. The number of benzene rings is 9. The predicted molar refractivity (Wildman–Crippen MR) is 231 cm³/mol. The first-order valence-corrected chi connectivity index (χ1v) is 19.4. The van der Waals surface area contributed by atoms with Gasteiger partial charge >= 0.3 is 0 Å². The Kier molecular flexibility index (Phi) is 6.88. The molecule has 0 N–H and O–H groups in total. The van der Waals surface area contributed by atoms with Crippen LogP contribution in [0.15, 0.2) is 200 Å². The van der Waals surface area contributed by atoms with Gasteiger partial charge in [0.25, 0.3) is 0 Å². The summed E-state index contributed by atoms with van der Waals surface area (Å²) >= 11 is 0. The Morgan fingerprint density at radius 2 is 0.927 bits per heavy atom. The molecule has 1 heteroatoms. The smallest absolute Gasteiger partial charge is 0.0714 e. The second-order valence-electron chi connectivity index (χ2n) is 15.7. The lowest BCUT2D eigenvalue weighted by atomic mass is 9.67. The van der Waals surface area contributed by atoms with Gasteiger partial charge in [-0.2, -0.15) is 0 Å². The van der Waals surface area contributed by atoms with E-state index in [-0.39, 0.29) is 5.41 Å². The van der Waals surface area contributed by atoms with Crippen molar-refractivity contribution >= 4 is 38.6 Å². The molecule has 9 aromatic rings. The Bertz CT molecular complexity index is 2920. The van der Waals surface area contributed by atoms with E-state index in [0.717, 1.165) is 11.4 Å². The summed E-state index contributed by atoms with van der Waals surface area (Å²) in [7, 11) is 0. The molecule has 0 bridgehead atoms. The van der Waals surface area contributed by atoms with Crippen LogP contribution in [0.2, 0.25) is 0 Å². The molecule has 0 aromatic heterocycles. The molecule has 55 heavy (non-hydrogen) atoms. The average Bonchev–Trinajstić information content (AvgIpc) is 3.67. The first-order valence-electron chi connectivity index (χ1n) is 19.4. The normalized spacial score (nSPS) is 14.3. The van der Waals surface area contributed by atoms with Crippen molar-refractivity contribution in [3.63, 3.8) is 0 Å². The Morgan fingerprint density at radius 3 is 1.67 bits per heavy atom. The van der Waals surface area contributed by atoms with E-state index in [4.69, 9.17) is 0 Å². The van der Waals surface area contributed by atoms with Gasteiger partial charge in [-0.15, -0.1) is 0 Å². The second kappa shape index (κ2) is 11.9. The Morgan fingerprint density at radius 1 is 0.382 bits per heavy atom. The first kappa shape index (κ1) is 31.8. The summed E-state index contributed by atoms with van der Waals surface area (Å²) in [5.41, 5.74) is 15.9. The summed E-state index contributed by atoms with van der Waals surface area (Å²) in [6.07, 6.45) is 0. The number of hydrogen-bond acceptors (Lipinski definition) is 1. The van der Waals surface area contributed by atoms with Crippen LogP contribution in [0.1, 0.15) is 47.2 Å². The van der Waals surface area contributed by atoms with E-state index in [9.17, 15) is 0 Å². The van der Waals surface area contributed by atoms with Crippen molar-refractivity contribution in [1.82, 2.24) is 0 Å². The molecule has 0 radical (unpaired) electrons. The zero-order valence-corrected chi connectivity index (χ0v) is 31.0. The van der Waals surface area contributed by atoms with Gasteiger partial charge < -0.3 is 4.90 Å². The molecule has 9 aromatic carbocycles. The molecule has 1 nitrogen and oxygen atoms in total. The number of nitrogens with zero attached hydrogens (tertiary/aromatic N) is 1. The van der Waals surface area contributed by atoms with E-state index in [1.807, 2.05) is 0 Å². The Balaban J connectivity index is 1.26. The van der Waals surface area contributed by atoms with Gasteiger partial charge in [0.2, 0.25) is 0 Å². The van der Waals surface area contributed by atoms with Gasteiger partial charge in [-0.05, 0) is 102 Å². The number of rotatable bonds is 5. The number of hydrogen-bond donors (Lipinski definition) is 0. The minimum Gasteiger partial charge on any atom is -0.310 e. The maximum atomic E-state index is 2.54. The van der Waals surface area contributed by atoms with Gasteiger partial charge in [-0.1, -0.05) is 184 Å². The monoisotopic (exact) mass is 701 g/mol. The molecule has 2 aliphatic carbocycles. The zero-order chi connectivity index (χ0) is 36.7. The maximum Gasteiger partial charge on any atom is 0.0714 e. The first-order chi connectivity index (χ1) is 27.0. The summed E-state index contributed by atoms with van der Waals surface area (Å²) in [5.74, 6) is 0. The standard InChI is InChI=1S/C54H39N/c1-53(2)47-27-15-14-26-46(47)51-50(34-38-19-11-12-24-43(38)52(51)53)55(41-30-29-36-17-9-10-18-37(36)33-41)42-31-32-45-44-25-13-16-28-48(44)54(49(45)35-42,39-20-5-3-6-21-39)40-22-7-4-8-23-40/h3-35H,1-2H3. The zero-order valence-electron chi connectivity index (χ0n) is 31.0. The fourth-order valence-electron chi connectivity index (χ4n) is 10.1. The fraction of sp³-hybridized carbons (Fsp3) is 0.0741. The maximum absolute atomic E-state index is 2.54. The lowest BCUT2D eigenvalue weighted by Gasteiger charge is -2.35. The van der Waals surface area contributed by atoms with E-state index < -0.39 is 5.41 Å².